The lowest BCUT2D eigenvalue weighted by atomic mass is 10.0. The zero-order valence-corrected chi connectivity index (χ0v) is 12.2. The Morgan fingerprint density at radius 3 is 2.47 bits per heavy atom. The number of ketones is 1. The molecule has 0 unspecified atom stereocenters. The second-order valence-electron chi connectivity index (χ2n) is 4.38. The third kappa shape index (κ3) is 3.10. The van der Waals surface area contributed by atoms with Gasteiger partial charge in [-0.05, 0) is 40.0 Å². The van der Waals surface area contributed by atoms with E-state index in [0.29, 0.717) is 11.1 Å². The van der Waals surface area contributed by atoms with Crippen molar-refractivity contribution in [2.75, 3.05) is 0 Å². The number of hydrogen-bond acceptors (Lipinski definition) is 1. The van der Waals surface area contributed by atoms with Gasteiger partial charge < -0.3 is 0 Å². The van der Waals surface area contributed by atoms with Crippen LogP contribution in [0.3, 0.4) is 0 Å². The molecule has 0 fully saturated rings. The van der Waals surface area contributed by atoms with Crippen molar-refractivity contribution < 1.29 is 9.18 Å². The van der Waals surface area contributed by atoms with Gasteiger partial charge in [0.05, 0.1) is 4.47 Å². The minimum atomic E-state index is -0.423. The third-order valence-electron chi connectivity index (χ3n) is 2.95. The predicted octanol–water partition coefficient (Wildman–Crippen LogP) is 4.77. The normalized spacial score (nSPS) is 10.5. The second kappa shape index (κ2) is 6.11. The van der Waals surface area contributed by atoms with Gasteiger partial charge in [0.15, 0.2) is 5.78 Å². The number of halogens is 2. The zero-order valence-electron chi connectivity index (χ0n) is 10.6. The van der Waals surface area contributed by atoms with Crippen molar-refractivity contribution in [3.05, 3.63) is 69.4 Å². The van der Waals surface area contributed by atoms with Crippen molar-refractivity contribution in [3.63, 3.8) is 0 Å². The molecule has 0 aliphatic heterocycles. The molecule has 2 aromatic carbocycles. The van der Waals surface area contributed by atoms with E-state index in [2.05, 4.69) is 22.9 Å². The van der Waals surface area contributed by atoms with Crippen molar-refractivity contribution in [2.45, 2.75) is 19.8 Å². The third-order valence-corrected chi connectivity index (χ3v) is 3.76. The SMILES string of the molecule is CCCc1ccc(C(=O)c2cccc(F)c2Br)cc1. The standard InChI is InChI=1S/C16H14BrFO/c1-2-4-11-7-9-12(10-8-11)16(19)13-5-3-6-14(18)15(13)17/h3,5-10H,2,4H2,1H3. The summed E-state index contributed by atoms with van der Waals surface area (Å²) in [7, 11) is 0. The van der Waals surface area contributed by atoms with Crippen LogP contribution in [-0.4, -0.2) is 5.78 Å². The Morgan fingerprint density at radius 1 is 1.16 bits per heavy atom. The minimum Gasteiger partial charge on any atom is -0.289 e. The molecule has 0 spiro atoms. The largest absolute Gasteiger partial charge is 0.289 e. The molecule has 0 saturated carbocycles. The molecular weight excluding hydrogens is 307 g/mol. The Hall–Kier alpha value is -1.48. The van der Waals surface area contributed by atoms with Crippen molar-refractivity contribution in [1.29, 1.82) is 0 Å². The predicted molar refractivity (Wildman–Crippen MR) is 78.0 cm³/mol. The Labute approximate surface area is 120 Å². The molecule has 3 heteroatoms. The first-order valence-corrected chi connectivity index (χ1v) is 7.00. The average molecular weight is 321 g/mol. The molecule has 0 N–H and O–H groups in total. The molecule has 19 heavy (non-hydrogen) atoms. The molecule has 2 aromatic rings. The van der Waals surface area contributed by atoms with Gasteiger partial charge in [0.25, 0.3) is 0 Å². The summed E-state index contributed by atoms with van der Waals surface area (Å²) in [6, 6.07) is 12.0. The van der Waals surface area contributed by atoms with Gasteiger partial charge >= 0.3 is 0 Å². The summed E-state index contributed by atoms with van der Waals surface area (Å²) in [4.78, 5) is 12.3. The van der Waals surface area contributed by atoms with Crippen LogP contribution in [-0.2, 0) is 6.42 Å². The number of rotatable bonds is 4. The van der Waals surface area contributed by atoms with Gasteiger partial charge in [-0.3, -0.25) is 4.79 Å². The molecule has 0 radical (unpaired) electrons. The van der Waals surface area contributed by atoms with E-state index in [9.17, 15) is 9.18 Å². The van der Waals surface area contributed by atoms with E-state index in [0.717, 1.165) is 12.8 Å². The van der Waals surface area contributed by atoms with E-state index < -0.39 is 5.82 Å². The van der Waals surface area contributed by atoms with Crippen LogP contribution in [0.15, 0.2) is 46.9 Å². The van der Waals surface area contributed by atoms with Crippen LogP contribution >= 0.6 is 15.9 Å². The van der Waals surface area contributed by atoms with Crippen molar-refractivity contribution in [3.8, 4) is 0 Å². The summed E-state index contributed by atoms with van der Waals surface area (Å²) in [6.45, 7) is 2.11. The van der Waals surface area contributed by atoms with Gasteiger partial charge in [-0.15, -0.1) is 0 Å². The van der Waals surface area contributed by atoms with Crippen LogP contribution in [0.4, 0.5) is 4.39 Å². The highest BCUT2D eigenvalue weighted by atomic mass is 79.9. The topological polar surface area (TPSA) is 17.1 Å². The molecule has 0 atom stereocenters. The number of carbonyl (C=O) groups excluding carboxylic acids is 1. The number of carbonyl (C=O) groups is 1. The quantitative estimate of drug-likeness (QED) is 0.741. The first-order chi connectivity index (χ1) is 9.13. The lowest BCUT2D eigenvalue weighted by Crippen LogP contribution is -2.03. The fraction of sp³-hybridized carbons (Fsp3) is 0.188. The molecular formula is C16H14BrFO. The maximum Gasteiger partial charge on any atom is 0.194 e. The summed E-state index contributed by atoms with van der Waals surface area (Å²) in [5, 5.41) is 0. The highest BCUT2D eigenvalue weighted by molar-refractivity contribution is 9.10. The molecule has 98 valence electrons. The Bertz CT molecular complexity index is 590. The van der Waals surface area contributed by atoms with E-state index >= 15 is 0 Å². The van der Waals surface area contributed by atoms with E-state index in [-0.39, 0.29) is 10.3 Å². The van der Waals surface area contributed by atoms with Crippen LogP contribution < -0.4 is 0 Å². The minimum absolute atomic E-state index is 0.172. The molecule has 0 aliphatic carbocycles. The first kappa shape index (κ1) is 13.9. The summed E-state index contributed by atoms with van der Waals surface area (Å²) in [5.41, 5.74) is 2.13. The maximum absolute atomic E-state index is 13.4. The van der Waals surface area contributed by atoms with Gasteiger partial charge in [0.1, 0.15) is 5.82 Å². The Balaban J connectivity index is 2.31. The van der Waals surface area contributed by atoms with Crippen LogP contribution in [0.5, 0.6) is 0 Å². The smallest absolute Gasteiger partial charge is 0.194 e. The second-order valence-corrected chi connectivity index (χ2v) is 5.17. The number of hydrogen-bond donors (Lipinski definition) is 0. The molecule has 0 aromatic heterocycles. The molecule has 0 saturated heterocycles. The number of aryl methyl sites for hydroxylation is 1. The summed E-state index contributed by atoms with van der Waals surface area (Å²) < 4.78 is 13.6. The fourth-order valence-corrected chi connectivity index (χ4v) is 2.39. The average Bonchev–Trinajstić information content (AvgIpc) is 2.42. The Morgan fingerprint density at radius 2 is 1.84 bits per heavy atom. The van der Waals surface area contributed by atoms with Crippen molar-refractivity contribution >= 4 is 21.7 Å². The maximum atomic E-state index is 13.4. The fourth-order valence-electron chi connectivity index (χ4n) is 1.95. The van der Waals surface area contributed by atoms with E-state index in [4.69, 9.17) is 0 Å². The highest BCUT2D eigenvalue weighted by Gasteiger charge is 2.14. The van der Waals surface area contributed by atoms with Gasteiger partial charge in [0, 0.05) is 11.1 Å². The Kier molecular flexibility index (Phi) is 4.48. The van der Waals surface area contributed by atoms with Crippen LogP contribution in [0.1, 0.15) is 34.8 Å². The monoisotopic (exact) mass is 320 g/mol. The van der Waals surface area contributed by atoms with Gasteiger partial charge in [-0.1, -0.05) is 43.7 Å². The molecule has 2 rings (SSSR count). The molecule has 1 nitrogen and oxygen atoms in total. The molecule has 0 bridgehead atoms. The zero-order chi connectivity index (χ0) is 13.8. The van der Waals surface area contributed by atoms with E-state index in [1.54, 1.807) is 24.3 Å². The lowest BCUT2D eigenvalue weighted by molar-refractivity contribution is 0.103. The van der Waals surface area contributed by atoms with E-state index in [1.165, 1.54) is 11.6 Å². The van der Waals surface area contributed by atoms with Gasteiger partial charge in [0.2, 0.25) is 0 Å². The van der Waals surface area contributed by atoms with Crippen molar-refractivity contribution in [2.24, 2.45) is 0 Å². The van der Waals surface area contributed by atoms with Crippen LogP contribution in [0, 0.1) is 5.82 Å². The van der Waals surface area contributed by atoms with E-state index in [1.807, 2.05) is 12.1 Å². The summed E-state index contributed by atoms with van der Waals surface area (Å²) >= 11 is 3.12. The first-order valence-electron chi connectivity index (χ1n) is 6.21. The van der Waals surface area contributed by atoms with Crippen LogP contribution in [0.25, 0.3) is 0 Å². The number of benzene rings is 2. The molecule has 0 aliphatic rings. The summed E-state index contributed by atoms with van der Waals surface area (Å²) in [5.74, 6) is -0.595. The van der Waals surface area contributed by atoms with Gasteiger partial charge in [-0.25, -0.2) is 4.39 Å². The molecule has 0 heterocycles. The highest BCUT2D eigenvalue weighted by Crippen LogP contribution is 2.23. The van der Waals surface area contributed by atoms with Crippen LogP contribution in [0.2, 0.25) is 0 Å². The summed E-state index contributed by atoms with van der Waals surface area (Å²) in [6.07, 6.45) is 2.07. The van der Waals surface area contributed by atoms with Crippen molar-refractivity contribution in [1.82, 2.24) is 0 Å². The van der Waals surface area contributed by atoms with Gasteiger partial charge in [-0.2, -0.15) is 0 Å². The molecule has 0 amide bonds. The lowest BCUT2D eigenvalue weighted by Gasteiger charge is -2.05.